The lowest BCUT2D eigenvalue weighted by Crippen LogP contribution is -2.43. The zero-order valence-electron chi connectivity index (χ0n) is 18.9. The molecule has 3 heterocycles. The predicted molar refractivity (Wildman–Crippen MR) is 133 cm³/mol. The normalized spacial score (nSPS) is 14.3. The number of anilines is 1. The number of benzene rings is 2. The summed E-state index contributed by atoms with van der Waals surface area (Å²) in [6.07, 6.45) is 3.06. The maximum absolute atomic E-state index is 13.5. The summed E-state index contributed by atoms with van der Waals surface area (Å²) in [6.45, 7) is 2.19. The van der Waals surface area contributed by atoms with E-state index in [9.17, 15) is 9.59 Å². The molecule has 7 heteroatoms. The molecular formula is C27H27N5O2. The van der Waals surface area contributed by atoms with E-state index < -0.39 is 0 Å². The van der Waals surface area contributed by atoms with Crippen LogP contribution in [0.2, 0.25) is 0 Å². The van der Waals surface area contributed by atoms with Crippen molar-refractivity contribution in [3.8, 4) is 0 Å². The van der Waals surface area contributed by atoms with E-state index in [1.807, 2.05) is 77.7 Å². The summed E-state index contributed by atoms with van der Waals surface area (Å²) in [7, 11) is 0. The number of fused-ring (bicyclic) bond motifs is 1. The Balaban J connectivity index is 1.32. The molecule has 4 aromatic rings. The molecule has 2 aromatic heterocycles. The Morgan fingerprint density at radius 3 is 2.29 bits per heavy atom. The van der Waals surface area contributed by atoms with Gasteiger partial charge in [-0.3, -0.25) is 14.2 Å². The van der Waals surface area contributed by atoms with E-state index in [1.54, 1.807) is 10.8 Å². The Hall–Kier alpha value is -4.00. The Bertz CT molecular complexity index is 1330. The first kappa shape index (κ1) is 21.8. The second-order valence-corrected chi connectivity index (χ2v) is 8.62. The molecule has 1 aliphatic rings. The molecule has 0 saturated carbocycles. The lowest BCUT2D eigenvalue weighted by molar-refractivity contribution is -0.125. The smallest absolute Gasteiger partial charge is 0.295 e. The molecule has 0 atom stereocenters. The monoisotopic (exact) mass is 453 g/mol. The van der Waals surface area contributed by atoms with Crippen LogP contribution in [0.4, 0.5) is 5.82 Å². The summed E-state index contributed by atoms with van der Waals surface area (Å²) in [5.74, 6) is 0.439. The summed E-state index contributed by atoms with van der Waals surface area (Å²) in [6, 6.07) is 23.5. The van der Waals surface area contributed by atoms with E-state index in [2.05, 4.69) is 15.3 Å². The van der Waals surface area contributed by atoms with E-state index in [4.69, 9.17) is 0 Å². The summed E-state index contributed by atoms with van der Waals surface area (Å²) < 4.78 is 1.70. The van der Waals surface area contributed by atoms with E-state index in [1.165, 1.54) is 0 Å². The molecule has 1 aliphatic heterocycles. The Morgan fingerprint density at radius 1 is 0.912 bits per heavy atom. The first-order valence-electron chi connectivity index (χ1n) is 11.6. The van der Waals surface area contributed by atoms with Gasteiger partial charge in [-0.25, -0.2) is 9.97 Å². The summed E-state index contributed by atoms with van der Waals surface area (Å²) in [5.41, 5.74) is 3.23. The summed E-state index contributed by atoms with van der Waals surface area (Å²) in [5, 5.41) is 3.05. The fourth-order valence-electron chi connectivity index (χ4n) is 4.46. The van der Waals surface area contributed by atoms with Gasteiger partial charge in [0.25, 0.3) is 5.56 Å². The standard InChI is InChI=1S/C27H27N5O2/c33-26(29-18-20-8-3-1-4-9-20)22-13-16-31(17-14-22)25-27(34)32(19-21-10-5-2-6-11-21)24-23(30-25)12-7-15-28-24/h1-12,15,22H,13-14,16-19H2,(H,29,33). The molecular weight excluding hydrogens is 426 g/mol. The number of amides is 1. The third kappa shape index (κ3) is 4.69. The van der Waals surface area contributed by atoms with Crippen LogP contribution in [-0.2, 0) is 17.9 Å². The number of aromatic nitrogens is 3. The molecule has 0 bridgehead atoms. The van der Waals surface area contributed by atoms with Crippen molar-refractivity contribution in [2.75, 3.05) is 18.0 Å². The third-order valence-corrected chi connectivity index (χ3v) is 6.34. The van der Waals surface area contributed by atoms with Crippen molar-refractivity contribution in [1.82, 2.24) is 19.9 Å². The summed E-state index contributed by atoms with van der Waals surface area (Å²) >= 11 is 0. The van der Waals surface area contributed by atoms with Crippen molar-refractivity contribution in [2.24, 2.45) is 5.92 Å². The molecule has 1 amide bonds. The minimum absolute atomic E-state index is 0.0615. The molecule has 0 spiro atoms. The highest BCUT2D eigenvalue weighted by Crippen LogP contribution is 2.22. The second-order valence-electron chi connectivity index (χ2n) is 8.62. The highest BCUT2D eigenvalue weighted by molar-refractivity contribution is 5.79. The quantitative estimate of drug-likeness (QED) is 0.484. The topological polar surface area (TPSA) is 80.1 Å². The van der Waals surface area contributed by atoms with Gasteiger partial charge in [0.2, 0.25) is 5.91 Å². The van der Waals surface area contributed by atoms with Crippen LogP contribution in [0.15, 0.2) is 83.8 Å². The van der Waals surface area contributed by atoms with Crippen LogP contribution in [0.3, 0.4) is 0 Å². The van der Waals surface area contributed by atoms with E-state index >= 15 is 0 Å². The van der Waals surface area contributed by atoms with Crippen molar-refractivity contribution in [1.29, 1.82) is 0 Å². The van der Waals surface area contributed by atoms with E-state index in [0.29, 0.717) is 56.0 Å². The van der Waals surface area contributed by atoms with Crippen molar-refractivity contribution in [3.63, 3.8) is 0 Å². The molecule has 5 rings (SSSR count). The van der Waals surface area contributed by atoms with Crippen LogP contribution in [0, 0.1) is 5.92 Å². The van der Waals surface area contributed by atoms with Crippen LogP contribution < -0.4 is 15.8 Å². The van der Waals surface area contributed by atoms with Crippen molar-refractivity contribution >= 4 is 22.9 Å². The molecule has 2 aromatic carbocycles. The second kappa shape index (κ2) is 9.87. The van der Waals surface area contributed by atoms with Gasteiger partial charge in [0, 0.05) is 31.7 Å². The van der Waals surface area contributed by atoms with Gasteiger partial charge in [-0.2, -0.15) is 0 Å². The van der Waals surface area contributed by atoms with Crippen molar-refractivity contribution < 1.29 is 4.79 Å². The van der Waals surface area contributed by atoms with Crippen LogP contribution >= 0.6 is 0 Å². The number of hydrogen-bond donors (Lipinski definition) is 1. The number of hydrogen-bond acceptors (Lipinski definition) is 5. The molecule has 1 N–H and O–H groups in total. The number of carbonyl (C=O) groups excluding carboxylic acids is 1. The minimum atomic E-state index is -0.151. The van der Waals surface area contributed by atoms with Gasteiger partial charge in [-0.05, 0) is 36.1 Å². The molecule has 1 fully saturated rings. The van der Waals surface area contributed by atoms with Gasteiger partial charge in [-0.15, -0.1) is 0 Å². The number of nitrogens with zero attached hydrogens (tertiary/aromatic N) is 4. The largest absolute Gasteiger partial charge is 0.352 e. The number of nitrogens with one attached hydrogen (secondary N) is 1. The van der Waals surface area contributed by atoms with Crippen LogP contribution in [0.5, 0.6) is 0 Å². The molecule has 0 radical (unpaired) electrons. The van der Waals surface area contributed by atoms with Crippen LogP contribution in [0.25, 0.3) is 11.2 Å². The molecule has 0 unspecified atom stereocenters. The molecule has 172 valence electrons. The maximum Gasteiger partial charge on any atom is 0.295 e. The Morgan fingerprint density at radius 2 is 1.59 bits per heavy atom. The number of pyridine rings is 1. The molecule has 1 saturated heterocycles. The van der Waals surface area contributed by atoms with Crippen molar-refractivity contribution in [3.05, 3.63) is 100 Å². The van der Waals surface area contributed by atoms with Gasteiger partial charge in [0.15, 0.2) is 11.5 Å². The van der Waals surface area contributed by atoms with E-state index in [0.717, 1.165) is 11.1 Å². The van der Waals surface area contributed by atoms with Gasteiger partial charge in [-0.1, -0.05) is 60.7 Å². The zero-order chi connectivity index (χ0) is 23.3. The SMILES string of the molecule is O=C(NCc1ccccc1)C1CCN(c2nc3cccnc3n(Cc3ccccc3)c2=O)CC1. The van der Waals surface area contributed by atoms with Gasteiger partial charge in [0.1, 0.15) is 5.52 Å². The van der Waals surface area contributed by atoms with Crippen LogP contribution in [-0.4, -0.2) is 33.5 Å². The highest BCUT2D eigenvalue weighted by atomic mass is 16.2. The lowest BCUT2D eigenvalue weighted by atomic mass is 9.96. The fourth-order valence-corrected chi connectivity index (χ4v) is 4.46. The maximum atomic E-state index is 13.5. The summed E-state index contributed by atoms with van der Waals surface area (Å²) in [4.78, 5) is 37.3. The number of rotatable bonds is 6. The first-order chi connectivity index (χ1) is 16.7. The fraction of sp³-hybridized carbons (Fsp3) is 0.259. The van der Waals surface area contributed by atoms with Crippen LogP contribution in [0.1, 0.15) is 24.0 Å². The average molecular weight is 454 g/mol. The average Bonchev–Trinajstić information content (AvgIpc) is 2.90. The van der Waals surface area contributed by atoms with Gasteiger partial charge < -0.3 is 10.2 Å². The number of piperidine rings is 1. The lowest BCUT2D eigenvalue weighted by Gasteiger charge is -2.32. The van der Waals surface area contributed by atoms with E-state index in [-0.39, 0.29) is 17.4 Å². The first-order valence-corrected chi connectivity index (χ1v) is 11.6. The van der Waals surface area contributed by atoms with Gasteiger partial charge in [0.05, 0.1) is 6.54 Å². The Labute approximate surface area is 198 Å². The molecule has 34 heavy (non-hydrogen) atoms. The third-order valence-electron chi connectivity index (χ3n) is 6.34. The zero-order valence-corrected chi connectivity index (χ0v) is 18.9. The predicted octanol–water partition coefficient (Wildman–Crippen LogP) is 3.37. The minimum Gasteiger partial charge on any atom is -0.352 e. The molecule has 0 aliphatic carbocycles. The number of carbonyl (C=O) groups is 1. The van der Waals surface area contributed by atoms with Gasteiger partial charge >= 0.3 is 0 Å². The van der Waals surface area contributed by atoms with Crippen molar-refractivity contribution in [2.45, 2.75) is 25.9 Å². The Kier molecular flexibility index (Phi) is 6.33. The molecule has 7 nitrogen and oxygen atoms in total. The highest BCUT2D eigenvalue weighted by Gasteiger charge is 2.27.